The van der Waals surface area contributed by atoms with E-state index in [2.05, 4.69) is 43.6 Å². The Morgan fingerprint density at radius 2 is 1.50 bits per heavy atom. The Kier molecular flexibility index (Phi) is 5.42. The molecule has 0 fully saturated rings. The molecule has 1 heteroatoms. The molecule has 1 atom stereocenters. The second kappa shape index (κ2) is 5.17. The van der Waals surface area contributed by atoms with E-state index in [1.807, 2.05) is 0 Å². The number of hydrogen-bond acceptors (Lipinski definition) is 0. The van der Waals surface area contributed by atoms with Crippen molar-refractivity contribution < 1.29 is 0 Å². The van der Waals surface area contributed by atoms with Gasteiger partial charge >= 0.3 is 0 Å². The first kappa shape index (κ1) is 10.5. The lowest BCUT2D eigenvalue weighted by atomic mass is 10.0. The predicted octanol–water partition coefficient (Wildman–Crippen LogP) is 3.84. The molecule has 10 heavy (non-hydrogen) atoms. The fourth-order valence-electron chi connectivity index (χ4n) is 0.826. The van der Waals surface area contributed by atoms with Crippen molar-refractivity contribution in [2.45, 2.75) is 45.4 Å². The minimum atomic E-state index is 0.717. The SMILES string of the molecule is CC(C)CCC(Br)C(C)C. The third-order valence-corrected chi connectivity index (χ3v) is 3.26. The highest BCUT2D eigenvalue weighted by Crippen LogP contribution is 2.19. The summed E-state index contributed by atoms with van der Waals surface area (Å²) in [6, 6.07) is 0. The quantitative estimate of drug-likeness (QED) is 0.614. The van der Waals surface area contributed by atoms with Gasteiger partial charge in [-0.1, -0.05) is 43.6 Å². The molecule has 0 saturated carbocycles. The summed E-state index contributed by atoms with van der Waals surface area (Å²) >= 11 is 3.67. The predicted molar refractivity (Wildman–Crippen MR) is 51.6 cm³/mol. The second-order valence-electron chi connectivity index (χ2n) is 3.73. The molecule has 62 valence electrons. The van der Waals surface area contributed by atoms with Gasteiger partial charge in [-0.2, -0.15) is 0 Å². The van der Waals surface area contributed by atoms with Gasteiger partial charge in [0.1, 0.15) is 0 Å². The van der Waals surface area contributed by atoms with Crippen LogP contribution in [0.5, 0.6) is 0 Å². The standard InChI is InChI=1S/C9H19Br/c1-7(2)5-6-9(10)8(3)4/h7-9H,5-6H2,1-4H3. The van der Waals surface area contributed by atoms with Crippen molar-refractivity contribution in [3.05, 3.63) is 0 Å². The van der Waals surface area contributed by atoms with Gasteiger partial charge in [-0.15, -0.1) is 0 Å². The van der Waals surface area contributed by atoms with Crippen LogP contribution in [0.15, 0.2) is 0 Å². The summed E-state index contributed by atoms with van der Waals surface area (Å²) in [6.07, 6.45) is 2.66. The summed E-state index contributed by atoms with van der Waals surface area (Å²) < 4.78 is 0. The van der Waals surface area contributed by atoms with E-state index >= 15 is 0 Å². The lowest BCUT2D eigenvalue weighted by Crippen LogP contribution is -2.07. The van der Waals surface area contributed by atoms with Gasteiger partial charge in [-0.25, -0.2) is 0 Å². The van der Waals surface area contributed by atoms with E-state index in [1.165, 1.54) is 12.8 Å². The van der Waals surface area contributed by atoms with Crippen molar-refractivity contribution in [1.82, 2.24) is 0 Å². The Hall–Kier alpha value is 0.480. The molecule has 0 aliphatic carbocycles. The van der Waals surface area contributed by atoms with Gasteiger partial charge in [-0.3, -0.25) is 0 Å². The van der Waals surface area contributed by atoms with E-state index in [1.54, 1.807) is 0 Å². The van der Waals surface area contributed by atoms with Crippen LogP contribution in [-0.4, -0.2) is 4.83 Å². The Morgan fingerprint density at radius 3 is 1.80 bits per heavy atom. The van der Waals surface area contributed by atoms with Crippen LogP contribution in [0.2, 0.25) is 0 Å². The highest BCUT2D eigenvalue weighted by atomic mass is 79.9. The Balaban J connectivity index is 3.30. The molecular formula is C9H19Br. The molecular weight excluding hydrogens is 188 g/mol. The monoisotopic (exact) mass is 206 g/mol. The zero-order chi connectivity index (χ0) is 8.15. The Bertz CT molecular complexity index is 76.8. The summed E-state index contributed by atoms with van der Waals surface area (Å²) in [5.74, 6) is 1.62. The minimum absolute atomic E-state index is 0.717. The molecule has 0 aromatic carbocycles. The number of halogens is 1. The largest absolute Gasteiger partial charge is 0.0888 e. The average Bonchev–Trinajstić information content (AvgIpc) is 1.82. The van der Waals surface area contributed by atoms with E-state index < -0.39 is 0 Å². The number of rotatable bonds is 4. The van der Waals surface area contributed by atoms with Gasteiger partial charge in [0, 0.05) is 4.83 Å². The summed E-state index contributed by atoms with van der Waals surface area (Å²) in [7, 11) is 0. The van der Waals surface area contributed by atoms with Crippen molar-refractivity contribution in [1.29, 1.82) is 0 Å². The Labute approximate surface area is 73.5 Å². The molecule has 0 rings (SSSR count). The lowest BCUT2D eigenvalue weighted by Gasteiger charge is -2.14. The summed E-state index contributed by atoms with van der Waals surface area (Å²) in [6.45, 7) is 9.08. The van der Waals surface area contributed by atoms with Crippen molar-refractivity contribution in [3.63, 3.8) is 0 Å². The first-order valence-corrected chi connectivity index (χ1v) is 5.09. The van der Waals surface area contributed by atoms with Gasteiger partial charge in [-0.05, 0) is 24.7 Å². The van der Waals surface area contributed by atoms with Crippen LogP contribution in [0.4, 0.5) is 0 Å². The van der Waals surface area contributed by atoms with E-state index in [0.717, 1.165) is 16.7 Å². The molecule has 1 unspecified atom stereocenters. The maximum atomic E-state index is 3.67. The van der Waals surface area contributed by atoms with Crippen molar-refractivity contribution in [2.24, 2.45) is 11.8 Å². The van der Waals surface area contributed by atoms with Gasteiger partial charge in [0.15, 0.2) is 0 Å². The fraction of sp³-hybridized carbons (Fsp3) is 1.00. The fourth-order valence-corrected chi connectivity index (χ4v) is 1.09. The van der Waals surface area contributed by atoms with Gasteiger partial charge < -0.3 is 0 Å². The van der Waals surface area contributed by atoms with Crippen LogP contribution in [0, 0.1) is 11.8 Å². The minimum Gasteiger partial charge on any atom is -0.0888 e. The molecule has 0 spiro atoms. The molecule has 0 radical (unpaired) electrons. The molecule has 0 N–H and O–H groups in total. The maximum Gasteiger partial charge on any atom is 0.0168 e. The summed E-state index contributed by atoms with van der Waals surface area (Å²) in [5, 5.41) is 0. The molecule has 0 bridgehead atoms. The van der Waals surface area contributed by atoms with E-state index in [9.17, 15) is 0 Å². The zero-order valence-corrected chi connectivity index (χ0v) is 9.11. The average molecular weight is 207 g/mol. The van der Waals surface area contributed by atoms with Crippen LogP contribution < -0.4 is 0 Å². The first-order chi connectivity index (χ1) is 4.54. The third kappa shape index (κ3) is 5.28. The third-order valence-electron chi connectivity index (χ3n) is 1.74. The zero-order valence-electron chi connectivity index (χ0n) is 7.52. The molecule has 0 aromatic heterocycles. The van der Waals surface area contributed by atoms with Gasteiger partial charge in [0.05, 0.1) is 0 Å². The molecule has 0 aliphatic rings. The lowest BCUT2D eigenvalue weighted by molar-refractivity contribution is 0.497. The first-order valence-electron chi connectivity index (χ1n) is 4.18. The topological polar surface area (TPSA) is 0 Å². The van der Waals surface area contributed by atoms with E-state index in [-0.39, 0.29) is 0 Å². The molecule has 0 amide bonds. The van der Waals surface area contributed by atoms with Crippen LogP contribution in [0.3, 0.4) is 0 Å². The highest BCUT2D eigenvalue weighted by molar-refractivity contribution is 9.09. The van der Waals surface area contributed by atoms with E-state index in [4.69, 9.17) is 0 Å². The van der Waals surface area contributed by atoms with Crippen LogP contribution in [0.25, 0.3) is 0 Å². The number of alkyl halides is 1. The summed E-state index contributed by atoms with van der Waals surface area (Å²) in [4.78, 5) is 0.717. The summed E-state index contributed by atoms with van der Waals surface area (Å²) in [5.41, 5.74) is 0. The number of hydrogen-bond donors (Lipinski definition) is 0. The van der Waals surface area contributed by atoms with Crippen LogP contribution in [0.1, 0.15) is 40.5 Å². The molecule has 0 nitrogen and oxygen atoms in total. The molecule has 0 saturated heterocycles. The van der Waals surface area contributed by atoms with Crippen LogP contribution >= 0.6 is 15.9 Å². The molecule has 0 aromatic rings. The van der Waals surface area contributed by atoms with Crippen molar-refractivity contribution >= 4 is 15.9 Å². The van der Waals surface area contributed by atoms with Gasteiger partial charge in [0.25, 0.3) is 0 Å². The van der Waals surface area contributed by atoms with Gasteiger partial charge in [0.2, 0.25) is 0 Å². The molecule has 0 aliphatic heterocycles. The van der Waals surface area contributed by atoms with E-state index in [0.29, 0.717) is 0 Å². The smallest absolute Gasteiger partial charge is 0.0168 e. The normalized spacial score (nSPS) is 14.7. The maximum absolute atomic E-state index is 3.67. The second-order valence-corrected chi connectivity index (χ2v) is 4.91. The highest BCUT2D eigenvalue weighted by Gasteiger charge is 2.08. The van der Waals surface area contributed by atoms with Crippen molar-refractivity contribution in [3.8, 4) is 0 Å². The molecule has 0 heterocycles. The van der Waals surface area contributed by atoms with Crippen molar-refractivity contribution in [2.75, 3.05) is 0 Å². The van der Waals surface area contributed by atoms with Crippen LogP contribution in [-0.2, 0) is 0 Å². The Morgan fingerprint density at radius 1 is 1.00 bits per heavy atom.